The average molecular weight is 500 g/mol. The molecule has 1 N–H and O–H groups in total. The van der Waals surface area contributed by atoms with E-state index in [0.717, 1.165) is 40.9 Å². The van der Waals surface area contributed by atoms with Gasteiger partial charge in [-0.15, -0.1) is 0 Å². The molecule has 1 unspecified atom stereocenters. The van der Waals surface area contributed by atoms with Crippen molar-refractivity contribution in [1.29, 1.82) is 0 Å². The number of pyridine rings is 1. The lowest BCUT2D eigenvalue weighted by atomic mass is 9.82. The summed E-state index contributed by atoms with van der Waals surface area (Å²) in [5.41, 5.74) is 2.96. The Morgan fingerprint density at radius 3 is 2.66 bits per heavy atom. The molecule has 35 heavy (non-hydrogen) atoms. The van der Waals surface area contributed by atoms with Crippen LogP contribution in [0.5, 0.6) is 5.75 Å². The van der Waals surface area contributed by atoms with Crippen molar-refractivity contribution in [1.82, 2.24) is 15.0 Å². The molecule has 2 aromatic heterocycles. The summed E-state index contributed by atoms with van der Waals surface area (Å²) in [6.07, 6.45) is 5.03. The highest BCUT2D eigenvalue weighted by molar-refractivity contribution is 7.84. The van der Waals surface area contributed by atoms with Gasteiger partial charge in [0.1, 0.15) is 5.75 Å². The minimum absolute atomic E-state index is 0.255. The van der Waals surface area contributed by atoms with Crippen LogP contribution in [0.4, 0.5) is 0 Å². The minimum Gasteiger partial charge on any atom is -0.492 e. The zero-order valence-electron chi connectivity index (χ0n) is 20.5. The van der Waals surface area contributed by atoms with Crippen LogP contribution in [0.1, 0.15) is 44.4 Å². The average Bonchev–Trinajstić information content (AvgIpc) is 3.26. The van der Waals surface area contributed by atoms with Gasteiger partial charge in [-0.25, -0.2) is 4.98 Å². The molecule has 3 aromatic rings. The highest BCUT2D eigenvalue weighted by atomic mass is 32.2. The van der Waals surface area contributed by atoms with Crippen LogP contribution >= 0.6 is 0 Å². The molecule has 0 amide bonds. The number of ether oxygens (including phenoxy) is 4. The fourth-order valence-corrected chi connectivity index (χ4v) is 5.56. The lowest BCUT2D eigenvalue weighted by molar-refractivity contribution is -0.446. The van der Waals surface area contributed by atoms with Crippen molar-refractivity contribution in [2.24, 2.45) is 11.3 Å². The van der Waals surface area contributed by atoms with Gasteiger partial charge in [0.15, 0.2) is 5.16 Å². The van der Waals surface area contributed by atoms with E-state index >= 15 is 0 Å². The van der Waals surface area contributed by atoms with E-state index in [-0.39, 0.29) is 11.2 Å². The van der Waals surface area contributed by atoms with Crippen molar-refractivity contribution in [3.05, 3.63) is 47.8 Å². The van der Waals surface area contributed by atoms with E-state index < -0.39 is 16.8 Å². The third-order valence-electron chi connectivity index (χ3n) is 6.88. The number of aromatic nitrogens is 3. The molecule has 5 rings (SSSR count). The summed E-state index contributed by atoms with van der Waals surface area (Å²) in [4.78, 5) is 12.1. The number of benzene rings is 1. The summed E-state index contributed by atoms with van der Waals surface area (Å²) in [7, 11) is -1.35. The third-order valence-corrected chi connectivity index (χ3v) is 8.04. The van der Waals surface area contributed by atoms with Crippen LogP contribution < -0.4 is 4.74 Å². The molecule has 8 nitrogen and oxygen atoms in total. The highest BCUT2D eigenvalue weighted by Gasteiger charge is 2.51. The Hall–Kier alpha value is -2.33. The van der Waals surface area contributed by atoms with E-state index in [9.17, 15) is 4.21 Å². The van der Waals surface area contributed by atoms with Gasteiger partial charge >= 0.3 is 0 Å². The number of hydrogen-bond donors (Lipinski definition) is 1. The fraction of sp³-hybridized carbons (Fsp3) is 0.538. The van der Waals surface area contributed by atoms with Crippen LogP contribution in [0.25, 0.3) is 11.0 Å². The number of nitrogens with zero attached hydrogens (tertiary/aromatic N) is 2. The van der Waals surface area contributed by atoms with Gasteiger partial charge in [0.2, 0.25) is 0 Å². The summed E-state index contributed by atoms with van der Waals surface area (Å²) in [5.74, 6) is 0.362. The Morgan fingerprint density at radius 2 is 1.97 bits per heavy atom. The van der Waals surface area contributed by atoms with Crippen LogP contribution in [-0.4, -0.2) is 51.6 Å². The van der Waals surface area contributed by atoms with Crippen molar-refractivity contribution in [2.75, 3.05) is 26.4 Å². The number of fused-ring (bicyclic) bond motifs is 1. The summed E-state index contributed by atoms with van der Waals surface area (Å²) in [5, 5.41) is 0.451. The summed E-state index contributed by atoms with van der Waals surface area (Å²) in [6, 6.07) is 9.50. The molecule has 2 fully saturated rings. The van der Waals surface area contributed by atoms with E-state index in [0.29, 0.717) is 37.5 Å². The maximum Gasteiger partial charge on any atom is 0.285 e. The van der Waals surface area contributed by atoms with E-state index in [1.54, 1.807) is 6.20 Å². The second kappa shape index (κ2) is 9.97. The van der Waals surface area contributed by atoms with E-state index in [4.69, 9.17) is 18.9 Å². The fourth-order valence-electron chi connectivity index (χ4n) is 4.46. The molecule has 1 saturated carbocycles. The zero-order chi connectivity index (χ0) is 24.5. The van der Waals surface area contributed by atoms with Gasteiger partial charge in [-0.2, -0.15) is 0 Å². The van der Waals surface area contributed by atoms with Crippen molar-refractivity contribution < 1.29 is 23.2 Å². The van der Waals surface area contributed by atoms with Crippen molar-refractivity contribution in [2.45, 2.75) is 56.9 Å². The normalized spacial score (nSPS) is 25.9. The topological polar surface area (TPSA) is 95.6 Å². The van der Waals surface area contributed by atoms with E-state index in [1.807, 2.05) is 44.2 Å². The molecule has 1 saturated heterocycles. The molecule has 9 heteroatoms. The zero-order valence-corrected chi connectivity index (χ0v) is 21.4. The quantitative estimate of drug-likeness (QED) is 0.463. The second-order valence-corrected chi connectivity index (χ2v) is 11.1. The van der Waals surface area contributed by atoms with Crippen LogP contribution in [0.2, 0.25) is 0 Å². The molecule has 188 valence electrons. The van der Waals surface area contributed by atoms with Gasteiger partial charge < -0.3 is 23.9 Å². The second-order valence-electron chi connectivity index (χ2n) is 9.77. The van der Waals surface area contributed by atoms with Crippen molar-refractivity contribution in [3.63, 3.8) is 0 Å². The Kier molecular flexibility index (Phi) is 6.94. The summed E-state index contributed by atoms with van der Waals surface area (Å²) in [6.45, 7) is 7.98. The van der Waals surface area contributed by atoms with E-state index in [2.05, 4.69) is 21.9 Å². The van der Waals surface area contributed by atoms with Gasteiger partial charge in [-0.05, 0) is 44.9 Å². The number of aromatic amines is 1. The molecular weight excluding hydrogens is 466 g/mol. The van der Waals surface area contributed by atoms with Crippen molar-refractivity contribution in [3.8, 4) is 5.75 Å². The summed E-state index contributed by atoms with van der Waals surface area (Å²) >= 11 is 0. The van der Waals surface area contributed by atoms with Crippen LogP contribution in [0.15, 0.2) is 41.7 Å². The number of imidazole rings is 1. The molecule has 1 aliphatic carbocycles. The SMILES string of the molecule is CCOC1(C2CCC2)OCC(C)(COc2ccnc(CS(=O)c3nc4ccccc4[nH]3)c2C)CO1. The number of para-hydroxylation sites is 2. The van der Waals surface area contributed by atoms with Gasteiger partial charge in [0.25, 0.3) is 5.97 Å². The molecule has 3 heterocycles. The van der Waals surface area contributed by atoms with Crippen LogP contribution in [-0.2, 0) is 30.8 Å². The maximum absolute atomic E-state index is 13.0. The largest absolute Gasteiger partial charge is 0.492 e. The number of hydrogen-bond acceptors (Lipinski definition) is 7. The van der Waals surface area contributed by atoms with Gasteiger partial charge in [0.05, 0.1) is 53.1 Å². The Morgan fingerprint density at radius 1 is 1.20 bits per heavy atom. The predicted octanol–water partition coefficient (Wildman–Crippen LogP) is 4.50. The lowest BCUT2D eigenvalue weighted by Crippen LogP contribution is -2.57. The molecule has 0 radical (unpaired) electrons. The van der Waals surface area contributed by atoms with Crippen molar-refractivity contribution >= 4 is 21.8 Å². The first kappa shape index (κ1) is 24.4. The molecule has 0 spiro atoms. The Labute approximate surface area is 208 Å². The first-order valence-corrected chi connectivity index (χ1v) is 13.6. The first-order chi connectivity index (χ1) is 16.9. The predicted molar refractivity (Wildman–Crippen MR) is 132 cm³/mol. The molecule has 1 aromatic carbocycles. The summed E-state index contributed by atoms with van der Waals surface area (Å²) < 4.78 is 37.6. The Bertz CT molecular complexity index is 1170. The standard InChI is InChI=1S/C26H33N3O5S/c1-4-32-26(19-8-7-9-19)33-16-25(3,17-34-26)15-31-23-12-13-27-22(18(23)2)14-35(30)24-28-20-10-5-6-11-21(20)29-24/h5-6,10-13,19H,4,7-9,14-17H2,1-3H3,(H,28,29). The first-order valence-electron chi connectivity index (χ1n) is 12.2. The number of H-pyrrole nitrogens is 1. The van der Waals surface area contributed by atoms with E-state index in [1.165, 1.54) is 6.42 Å². The molecular formula is C26H33N3O5S. The van der Waals surface area contributed by atoms with Gasteiger partial charge in [-0.1, -0.05) is 25.5 Å². The maximum atomic E-state index is 13.0. The highest BCUT2D eigenvalue weighted by Crippen LogP contribution is 2.44. The number of rotatable bonds is 9. The minimum atomic E-state index is -1.35. The third kappa shape index (κ3) is 5.00. The van der Waals surface area contributed by atoms with Crippen LogP contribution in [0.3, 0.4) is 0 Å². The monoisotopic (exact) mass is 499 g/mol. The smallest absolute Gasteiger partial charge is 0.285 e. The number of nitrogens with one attached hydrogen (secondary N) is 1. The van der Waals surface area contributed by atoms with Crippen LogP contribution in [0, 0.1) is 18.3 Å². The lowest BCUT2D eigenvalue weighted by Gasteiger charge is -2.49. The van der Waals surface area contributed by atoms with Gasteiger partial charge in [0, 0.05) is 29.7 Å². The molecule has 1 aliphatic heterocycles. The Balaban J connectivity index is 1.22. The molecule has 0 bridgehead atoms. The van der Waals surface area contributed by atoms with Gasteiger partial charge in [-0.3, -0.25) is 9.19 Å². The molecule has 1 atom stereocenters. The molecule has 2 aliphatic rings.